The zero-order valence-corrected chi connectivity index (χ0v) is 12.9. The van der Waals surface area contributed by atoms with Gasteiger partial charge in [0.1, 0.15) is 5.82 Å². The van der Waals surface area contributed by atoms with Gasteiger partial charge in [-0.05, 0) is 60.7 Å². The van der Waals surface area contributed by atoms with Crippen LogP contribution >= 0.6 is 15.9 Å². The molecule has 0 aromatic heterocycles. The molecule has 0 aliphatic heterocycles. The van der Waals surface area contributed by atoms with E-state index in [4.69, 9.17) is 5.73 Å². The van der Waals surface area contributed by atoms with Crippen molar-refractivity contribution in [2.45, 2.75) is 26.8 Å². The first-order valence-electron chi connectivity index (χ1n) is 6.18. The second kappa shape index (κ2) is 5.43. The Bertz CT molecular complexity index is 599. The summed E-state index contributed by atoms with van der Waals surface area (Å²) in [7, 11) is 0. The fourth-order valence-electron chi connectivity index (χ4n) is 2.33. The highest BCUT2D eigenvalue weighted by Crippen LogP contribution is 2.29. The van der Waals surface area contributed by atoms with E-state index in [9.17, 15) is 4.39 Å². The van der Waals surface area contributed by atoms with Gasteiger partial charge in [0.25, 0.3) is 0 Å². The van der Waals surface area contributed by atoms with Gasteiger partial charge in [0.15, 0.2) is 0 Å². The van der Waals surface area contributed by atoms with Gasteiger partial charge in [0, 0.05) is 4.47 Å². The molecule has 1 unspecified atom stereocenters. The van der Waals surface area contributed by atoms with Crippen LogP contribution in [0.25, 0.3) is 0 Å². The van der Waals surface area contributed by atoms with Crippen LogP contribution in [0.2, 0.25) is 0 Å². The number of benzene rings is 2. The lowest BCUT2D eigenvalue weighted by molar-refractivity contribution is 0.624. The van der Waals surface area contributed by atoms with Crippen molar-refractivity contribution in [3.8, 4) is 0 Å². The summed E-state index contributed by atoms with van der Waals surface area (Å²) in [6, 6.07) is 8.66. The van der Waals surface area contributed by atoms with Crippen LogP contribution in [0.15, 0.2) is 34.8 Å². The summed E-state index contributed by atoms with van der Waals surface area (Å²) in [6.45, 7) is 5.98. The largest absolute Gasteiger partial charge is 0.320 e. The standard InChI is InChI=1S/C16H17BrFN/c1-9-8-13(18)4-5-14(9)16(19)12-6-10(2)15(17)11(3)7-12/h4-8,16H,19H2,1-3H3. The van der Waals surface area contributed by atoms with Crippen LogP contribution in [0, 0.1) is 26.6 Å². The van der Waals surface area contributed by atoms with Gasteiger partial charge in [-0.3, -0.25) is 0 Å². The fraction of sp³-hybridized carbons (Fsp3) is 0.250. The van der Waals surface area contributed by atoms with E-state index in [-0.39, 0.29) is 11.9 Å². The molecule has 0 saturated heterocycles. The molecule has 1 atom stereocenters. The number of hydrogen-bond donors (Lipinski definition) is 1. The molecule has 0 spiro atoms. The third kappa shape index (κ3) is 2.88. The summed E-state index contributed by atoms with van der Waals surface area (Å²) in [5, 5.41) is 0. The van der Waals surface area contributed by atoms with Crippen molar-refractivity contribution in [1.29, 1.82) is 0 Å². The maximum atomic E-state index is 13.1. The molecule has 0 aliphatic rings. The van der Waals surface area contributed by atoms with Crippen molar-refractivity contribution in [1.82, 2.24) is 0 Å². The van der Waals surface area contributed by atoms with Gasteiger partial charge < -0.3 is 5.73 Å². The minimum Gasteiger partial charge on any atom is -0.320 e. The zero-order valence-electron chi connectivity index (χ0n) is 11.3. The molecule has 0 fully saturated rings. The van der Waals surface area contributed by atoms with Crippen LogP contribution in [0.4, 0.5) is 4.39 Å². The van der Waals surface area contributed by atoms with Crippen LogP contribution in [-0.2, 0) is 0 Å². The van der Waals surface area contributed by atoms with Gasteiger partial charge in [-0.1, -0.05) is 34.1 Å². The molecule has 2 rings (SSSR count). The van der Waals surface area contributed by atoms with E-state index in [0.29, 0.717) is 0 Å². The summed E-state index contributed by atoms with van der Waals surface area (Å²) < 4.78 is 14.3. The highest BCUT2D eigenvalue weighted by atomic mass is 79.9. The predicted molar refractivity (Wildman–Crippen MR) is 80.8 cm³/mol. The lowest BCUT2D eigenvalue weighted by atomic mass is 9.93. The van der Waals surface area contributed by atoms with Crippen molar-refractivity contribution < 1.29 is 4.39 Å². The Morgan fingerprint density at radius 2 is 1.58 bits per heavy atom. The summed E-state index contributed by atoms with van der Waals surface area (Å²) in [6.07, 6.45) is 0. The molecule has 0 heterocycles. The Morgan fingerprint density at radius 1 is 1.00 bits per heavy atom. The second-order valence-electron chi connectivity index (χ2n) is 4.95. The molecule has 0 saturated carbocycles. The molecule has 3 heteroatoms. The first-order valence-corrected chi connectivity index (χ1v) is 6.97. The Morgan fingerprint density at radius 3 is 2.11 bits per heavy atom. The number of nitrogens with two attached hydrogens (primary N) is 1. The van der Waals surface area contributed by atoms with Gasteiger partial charge in [0.2, 0.25) is 0 Å². The van der Waals surface area contributed by atoms with Crippen molar-refractivity contribution in [3.05, 3.63) is 68.4 Å². The highest BCUT2D eigenvalue weighted by molar-refractivity contribution is 9.10. The number of hydrogen-bond acceptors (Lipinski definition) is 1. The minimum atomic E-state index is -0.230. The number of aryl methyl sites for hydroxylation is 3. The Hall–Kier alpha value is -1.19. The Balaban J connectivity index is 2.47. The summed E-state index contributed by atoms with van der Waals surface area (Å²) in [4.78, 5) is 0. The van der Waals surface area contributed by atoms with E-state index in [0.717, 1.165) is 32.3 Å². The van der Waals surface area contributed by atoms with Crippen molar-refractivity contribution in [3.63, 3.8) is 0 Å². The van der Waals surface area contributed by atoms with Crippen LogP contribution in [0.5, 0.6) is 0 Å². The third-order valence-corrected chi connectivity index (χ3v) is 4.64. The molecule has 0 aliphatic carbocycles. The lowest BCUT2D eigenvalue weighted by Gasteiger charge is -2.17. The van der Waals surface area contributed by atoms with Gasteiger partial charge in [-0.15, -0.1) is 0 Å². The predicted octanol–water partition coefficient (Wildman–Crippen LogP) is 4.56. The summed E-state index contributed by atoms with van der Waals surface area (Å²) >= 11 is 3.55. The quantitative estimate of drug-likeness (QED) is 0.862. The lowest BCUT2D eigenvalue weighted by Crippen LogP contribution is -2.14. The van der Waals surface area contributed by atoms with E-state index >= 15 is 0 Å². The van der Waals surface area contributed by atoms with Crippen molar-refractivity contribution >= 4 is 15.9 Å². The Kier molecular flexibility index (Phi) is 4.07. The topological polar surface area (TPSA) is 26.0 Å². The van der Waals surface area contributed by atoms with Crippen LogP contribution in [0.3, 0.4) is 0 Å². The molecular formula is C16H17BrFN. The number of halogens is 2. The third-order valence-electron chi connectivity index (χ3n) is 3.38. The van der Waals surface area contributed by atoms with E-state index in [2.05, 4.69) is 28.1 Å². The van der Waals surface area contributed by atoms with Crippen molar-refractivity contribution in [2.75, 3.05) is 0 Å². The molecule has 2 aromatic carbocycles. The second-order valence-corrected chi connectivity index (χ2v) is 5.74. The average Bonchev–Trinajstić information content (AvgIpc) is 2.34. The summed E-state index contributed by atoms with van der Waals surface area (Å²) in [5.74, 6) is -0.225. The van der Waals surface area contributed by atoms with E-state index < -0.39 is 0 Å². The molecular weight excluding hydrogens is 305 g/mol. The maximum Gasteiger partial charge on any atom is 0.123 e. The monoisotopic (exact) mass is 321 g/mol. The number of rotatable bonds is 2. The SMILES string of the molecule is Cc1cc(F)ccc1C(N)c1cc(C)c(Br)c(C)c1. The minimum absolute atomic E-state index is 0.225. The van der Waals surface area contributed by atoms with Crippen molar-refractivity contribution in [2.24, 2.45) is 5.73 Å². The summed E-state index contributed by atoms with van der Waals surface area (Å²) in [5.41, 5.74) is 11.5. The molecule has 2 N–H and O–H groups in total. The smallest absolute Gasteiger partial charge is 0.123 e. The maximum absolute atomic E-state index is 13.1. The molecule has 0 bridgehead atoms. The zero-order chi connectivity index (χ0) is 14.2. The van der Waals surface area contributed by atoms with Gasteiger partial charge in [0.05, 0.1) is 6.04 Å². The Labute approximate surface area is 121 Å². The van der Waals surface area contributed by atoms with Gasteiger partial charge in [-0.25, -0.2) is 4.39 Å². The first-order chi connectivity index (χ1) is 8.90. The normalized spacial score (nSPS) is 12.5. The molecule has 0 radical (unpaired) electrons. The van der Waals surface area contributed by atoms with E-state index in [1.807, 2.05) is 20.8 Å². The highest BCUT2D eigenvalue weighted by Gasteiger charge is 2.14. The van der Waals surface area contributed by atoms with Crippen LogP contribution < -0.4 is 5.73 Å². The molecule has 19 heavy (non-hydrogen) atoms. The molecule has 0 amide bonds. The molecule has 100 valence electrons. The molecule has 1 nitrogen and oxygen atoms in total. The van der Waals surface area contributed by atoms with Crippen LogP contribution in [-0.4, -0.2) is 0 Å². The fourth-order valence-corrected chi connectivity index (χ4v) is 2.56. The van der Waals surface area contributed by atoms with E-state index in [1.165, 1.54) is 12.1 Å². The average molecular weight is 322 g/mol. The first kappa shape index (κ1) is 14.2. The van der Waals surface area contributed by atoms with Crippen LogP contribution in [0.1, 0.15) is 33.9 Å². The van der Waals surface area contributed by atoms with E-state index in [1.54, 1.807) is 6.07 Å². The van der Waals surface area contributed by atoms with Gasteiger partial charge >= 0.3 is 0 Å². The molecule has 2 aromatic rings. The van der Waals surface area contributed by atoms with Gasteiger partial charge in [-0.2, -0.15) is 0 Å².